The van der Waals surface area contributed by atoms with E-state index in [0.29, 0.717) is 28.4 Å². The molecule has 1 aromatic heterocycles. The maximum atomic E-state index is 12.3. The number of anilines is 1. The monoisotopic (exact) mass is 422 g/mol. The fraction of sp³-hybridized carbons (Fsp3) is 0.111. The van der Waals surface area contributed by atoms with E-state index < -0.39 is 0 Å². The summed E-state index contributed by atoms with van der Waals surface area (Å²) >= 11 is 0. The first-order valence-corrected chi connectivity index (χ1v) is 10.4. The predicted molar refractivity (Wildman–Crippen MR) is 127 cm³/mol. The van der Waals surface area contributed by atoms with Crippen molar-refractivity contribution < 1.29 is 13.9 Å². The van der Waals surface area contributed by atoms with Crippen LogP contribution in [0.15, 0.2) is 83.3 Å². The van der Waals surface area contributed by atoms with Crippen LogP contribution in [0, 0.1) is 13.8 Å². The van der Waals surface area contributed by atoms with Crippen molar-refractivity contribution in [2.75, 3.05) is 11.9 Å². The van der Waals surface area contributed by atoms with Crippen molar-refractivity contribution in [3.05, 3.63) is 90.0 Å². The van der Waals surface area contributed by atoms with Crippen molar-refractivity contribution >= 4 is 33.5 Å². The molecule has 0 radical (unpaired) electrons. The van der Waals surface area contributed by atoms with Gasteiger partial charge in [0.1, 0.15) is 11.3 Å². The van der Waals surface area contributed by atoms with E-state index in [1.807, 2.05) is 56.3 Å². The highest BCUT2D eigenvalue weighted by molar-refractivity contribution is 5.94. The number of carbonyl (C=O) groups is 1. The number of amides is 1. The van der Waals surface area contributed by atoms with E-state index in [-0.39, 0.29) is 12.5 Å². The van der Waals surface area contributed by atoms with Crippen LogP contribution in [0.2, 0.25) is 0 Å². The summed E-state index contributed by atoms with van der Waals surface area (Å²) in [5.74, 6) is 0.989. The Balaban J connectivity index is 1.31. The number of fused-ring (bicyclic) bond motifs is 2. The molecule has 5 rings (SSSR count). The number of benzene rings is 4. The summed E-state index contributed by atoms with van der Waals surface area (Å²) in [7, 11) is 0. The summed E-state index contributed by atoms with van der Waals surface area (Å²) in [6.45, 7) is 3.99. The van der Waals surface area contributed by atoms with Gasteiger partial charge in [-0.05, 0) is 78.2 Å². The molecule has 5 nitrogen and oxygen atoms in total. The maximum absolute atomic E-state index is 12.3. The van der Waals surface area contributed by atoms with Gasteiger partial charge in [-0.1, -0.05) is 36.4 Å². The Hall–Kier alpha value is -4.12. The van der Waals surface area contributed by atoms with Gasteiger partial charge in [0, 0.05) is 11.3 Å². The first-order chi connectivity index (χ1) is 15.5. The Kier molecular flexibility index (Phi) is 5.07. The Morgan fingerprint density at radius 2 is 1.75 bits per heavy atom. The number of nitrogens with one attached hydrogen (secondary N) is 1. The Morgan fingerprint density at radius 1 is 0.906 bits per heavy atom. The minimum Gasteiger partial charge on any atom is -0.484 e. The molecule has 0 aliphatic carbocycles. The molecule has 5 aromatic rings. The van der Waals surface area contributed by atoms with Gasteiger partial charge in [-0.15, -0.1) is 0 Å². The number of hydrogen-bond donors (Lipinski definition) is 1. The number of carbonyl (C=O) groups excluding carboxylic acids is 1. The lowest BCUT2D eigenvalue weighted by Gasteiger charge is -2.09. The van der Waals surface area contributed by atoms with Crippen LogP contribution in [0.1, 0.15) is 11.1 Å². The van der Waals surface area contributed by atoms with Crippen LogP contribution in [0.5, 0.6) is 5.75 Å². The molecule has 5 heteroatoms. The second-order valence-electron chi connectivity index (χ2n) is 7.85. The number of aryl methyl sites for hydroxylation is 2. The normalized spacial score (nSPS) is 11.1. The van der Waals surface area contributed by atoms with E-state index in [0.717, 1.165) is 16.5 Å². The molecule has 0 saturated carbocycles. The predicted octanol–water partition coefficient (Wildman–Crippen LogP) is 6.28. The highest BCUT2D eigenvalue weighted by atomic mass is 16.5. The summed E-state index contributed by atoms with van der Waals surface area (Å²) in [4.78, 5) is 17.0. The molecule has 0 saturated heterocycles. The molecule has 158 valence electrons. The van der Waals surface area contributed by atoms with Crippen molar-refractivity contribution in [2.24, 2.45) is 0 Å². The third-order valence-electron chi connectivity index (χ3n) is 5.52. The van der Waals surface area contributed by atoms with Gasteiger partial charge in [0.2, 0.25) is 5.89 Å². The zero-order chi connectivity index (χ0) is 22.1. The highest BCUT2D eigenvalue weighted by Crippen LogP contribution is 2.28. The summed E-state index contributed by atoms with van der Waals surface area (Å²) in [5.41, 5.74) is 5.21. The molecule has 0 aliphatic rings. The van der Waals surface area contributed by atoms with Crippen molar-refractivity contribution in [1.29, 1.82) is 0 Å². The number of oxazole rings is 1. The van der Waals surface area contributed by atoms with E-state index in [9.17, 15) is 4.79 Å². The standard InChI is InChI=1S/C27H22N2O3/c1-17-7-11-23(13-18(17)2)31-16-26(30)28-22-10-12-25-24(15-22)29-27(32-25)21-9-8-19-5-3-4-6-20(19)14-21/h3-15H,16H2,1-2H3,(H,28,30). The minimum absolute atomic E-state index is 0.0678. The quantitative estimate of drug-likeness (QED) is 0.362. The van der Waals surface area contributed by atoms with Crippen LogP contribution in [0.25, 0.3) is 33.3 Å². The number of nitrogens with zero attached hydrogens (tertiary/aromatic N) is 1. The number of rotatable bonds is 5. The van der Waals surface area contributed by atoms with Crippen LogP contribution < -0.4 is 10.1 Å². The van der Waals surface area contributed by atoms with Crippen LogP contribution in [-0.4, -0.2) is 17.5 Å². The molecule has 1 amide bonds. The molecule has 1 N–H and O–H groups in total. The van der Waals surface area contributed by atoms with Gasteiger partial charge in [-0.3, -0.25) is 4.79 Å². The third kappa shape index (κ3) is 4.05. The molecule has 32 heavy (non-hydrogen) atoms. The van der Waals surface area contributed by atoms with Crippen LogP contribution in [-0.2, 0) is 4.79 Å². The Morgan fingerprint density at radius 3 is 2.59 bits per heavy atom. The van der Waals surface area contributed by atoms with Crippen molar-refractivity contribution in [3.63, 3.8) is 0 Å². The van der Waals surface area contributed by atoms with Gasteiger partial charge >= 0.3 is 0 Å². The number of ether oxygens (including phenoxy) is 1. The molecule has 0 bridgehead atoms. The second kappa shape index (κ2) is 8.19. The Labute approximate surface area is 185 Å². The molecule has 4 aromatic carbocycles. The van der Waals surface area contributed by atoms with E-state index in [2.05, 4.69) is 34.6 Å². The molecule has 0 aliphatic heterocycles. The molecular formula is C27H22N2O3. The average Bonchev–Trinajstić information content (AvgIpc) is 3.23. The van der Waals surface area contributed by atoms with E-state index in [1.165, 1.54) is 10.9 Å². The minimum atomic E-state index is -0.235. The SMILES string of the molecule is Cc1ccc(OCC(=O)Nc2ccc3oc(-c4ccc5ccccc5c4)nc3c2)cc1C. The fourth-order valence-corrected chi connectivity index (χ4v) is 3.60. The zero-order valence-corrected chi connectivity index (χ0v) is 17.9. The lowest BCUT2D eigenvalue weighted by Crippen LogP contribution is -2.20. The van der Waals surface area contributed by atoms with Crippen molar-refractivity contribution in [1.82, 2.24) is 4.98 Å². The smallest absolute Gasteiger partial charge is 0.262 e. The van der Waals surface area contributed by atoms with Gasteiger partial charge in [-0.2, -0.15) is 0 Å². The summed E-state index contributed by atoms with van der Waals surface area (Å²) in [6.07, 6.45) is 0. The summed E-state index contributed by atoms with van der Waals surface area (Å²) in [5, 5.41) is 5.15. The molecule has 1 heterocycles. The van der Waals surface area contributed by atoms with Crippen molar-refractivity contribution in [3.8, 4) is 17.2 Å². The van der Waals surface area contributed by atoms with Gasteiger partial charge in [0.05, 0.1) is 0 Å². The van der Waals surface area contributed by atoms with E-state index >= 15 is 0 Å². The lowest BCUT2D eigenvalue weighted by atomic mass is 10.1. The fourth-order valence-electron chi connectivity index (χ4n) is 3.60. The maximum Gasteiger partial charge on any atom is 0.262 e. The molecule has 0 unspecified atom stereocenters. The number of hydrogen-bond acceptors (Lipinski definition) is 4. The highest BCUT2D eigenvalue weighted by Gasteiger charge is 2.11. The molecular weight excluding hydrogens is 400 g/mol. The molecule has 0 spiro atoms. The van der Waals surface area contributed by atoms with Gasteiger partial charge < -0.3 is 14.5 Å². The largest absolute Gasteiger partial charge is 0.484 e. The van der Waals surface area contributed by atoms with Crippen LogP contribution in [0.3, 0.4) is 0 Å². The molecule has 0 atom stereocenters. The number of aromatic nitrogens is 1. The zero-order valence-electron chi connectivity index (χ0n) is 17.9. The van der Waals surface area contributed by atoms with E-state index in [4.69, 9.17) is 9.15 Å². The van der Waals surface area contributed by atoms with Gasteiger partial charge in [-0.25, -0.2) is 4.98 Å². The van der Waals surface area contributed by atoms with Gasteiger partial charge in [0.25, 0.3) is 5.91 Å². The van der Waals surface area contributed by atoms with Gasteiger partial charge in [0.15, 0.2) is 12.2 Å². The Bertz CT molecular complexity index is 1450. The summed E-state index contributed by atoms with van der Waals surface area (Å²) < 4.78 is 11.6. The van der Waals surface area contributed by atoms with E-state index in [1.54, 1.807) is 12.1 Å². The first kappa shape index (κ1) is 19.8. The first-order valence-electron chi connectivity index (χ1n) is 10.4. The summed E-state index contributed by atoms with van der Waals surface area (Å²) in [6, 6.07) is 25.5. The second-order valence-corrected chi connectivity index (χ2v) is 7.85. The van der Waals surface area contributed by atoms with Crippen LogP contribution >= 0.6 is 0 Å². The third-order valence-corrected chi connectivity index (χ3v) is 5.52. The van der Waals surface area contributed by atoms with Crippen molar-refractivity contribution in [2.45, 2.75) is 13.8 Å². The lowest BCUT2D eigenvalue weighted by molar-refractivity contribution is -0.118. The molecule has 0 fully saturated rings. The van der Waals surface area contributed by atoms with Crippen LogP contribution in [0.4, 0.5) is 5.69 Å². The topological polar surface area (TPSA) is 64.4 Å². The average molecular weight is 422 g/mol.